The fourth-order valence-electron chi connectivity index (χ4n) is 9.16. The Balaban J connectivity index is 0.00000578. The van der Waals surface area contributed by atoms with Gasteiger partial charge < -0.3 is 19.2 Å². The summed E-state index contributed by atoms with van der Waals surface area (Å²) in [5.41, 5.74) is 14.2. The molecule has 0 radical (unpaired) electrons. The van der Waals surface area contributed by atoms with E-state index in [0.29, 0.717) is 11.8 Å². The third kappa shape index (κ3) is 7.69. The van der Waals surface area contributed by atoms with Crippen molar-refractivity contribution < 1.29 is 21.1 Å². The van der Waals surface area contributed by atoms with Gasteiger partial charge in [0.05, 0.1) is 5.69 Å². The molecule has 0 amide bonds. The standard InChI is InChI=1S/C54H61BN6.Pt/c1-35(2)42-23-18-24-43(36(3)4)50(42)59-32-31-57-51(59)44-26-28-47(58-44)54(12,13)53(10,11)40-25-27-45-46(33-40)61(48-34-39(29-30-56-48)52(7,8)9)55(49-37(5)19-17-20-38(49)6)60(45)41-21-15-14-16-22-41;/h14-32,34-36H,1-13H3;/q-2;+2. The molecule has 0 saturated heterocycles. The van der Waals surface area contributed by atoms with E-state index in [-0.39, 0.29) is 33.5 Å². The summed E-state index contributed by atoms with van der Waals surface area (Å²) in [5.74, 6) is 2.49. The number of para-hydroxylation sites is 2. The van der Waals surface area contributed by atoms with Crippen LogP contribution in [0.5, 0.6) is 0 Å². The monoisotopic (exact) mass is 999 g/mol. The zero-order chi connectivity index (χ0) is 43.6. The van der Waals surface area contributed by atoms with E-state index in [1.54, 1.807) is 0 Å². The normalized spacial score (nSPS) is 13.3. The molecule has 0 bridgehead atoms. The minimum Gasteiger partial charge on any atom is -0.658 e. The van der Waals surface area contributed by atoms with Crippen LogP contribution in [0.1, 0.15) is 127 Å². The summed E-state index contributed by atoms with van der Waals surface area (Å²) in [5, 5.41) is 0. The Morgan fingerprint density at radius 3 is 1.94 bits per heavy atom. The second-order valence-electron chi connectivity index (χ2n) is 19.7. The number of aromatic nitrogens is 4. The maximum Gasteiger partial charge on any atom is 2.00 e. The number of anilines is 4. The van der Waals surface area contributed by atoms with Gasteiger partial charge in [-0.25, -0.2) is 9.97 Å². The van der Waals surface area contributed by atoms with Crippen molar-refractivity contribution in [1.29, 1.82) is 0 Å². The molecule has 4 heterocycles. The fraction of sp³-hybridized carbons (Fsp3) is 0.333. The van der Waals surface area contributed by atoms with Crippen LogP contribution in [-0.2, 0) is 37.3 Å². The number of fused-ring (bicyclic) bond motifs is 1. The van der Waals surface area contributed by atoms with Crippen molar-refractivity contribution in [1.82, 2.24) is 19.5 Å². The quantitative estimate of drug-likeness (QED) is 0.101. The van der Waals surface area contributed by atoms with Crippen molar-refractivity contribution in [2.45, 2.75) is 118 Å². The first-order valence-corrected chi connectivity index (χ1v) is 22.0. The average molecular weight is 1000 g/mol. The van der Waals surface area contributed by atoms with Gasteiger partial charge in [-0.15, -0.1) is 6.07 Å². The van der Waals surface area contributed by atoms with Crippen molar-refractivity contribution in [3.63, 3.8) is 0 Å². The van der Waals surface area contributed by atoms with Crippen molar-refractivity contribution in [2.75, 3.05) is 9.62 Å². The van der Waals surface area contributed by atoms with E-state index < -0.39 is 10.8 Å². The Morgan fingerprint density at radius 2 is 1.31 bits per heavy atom. The third-order valence-corrected chi connectivity index (χ3v) is 13.6. The van der Waals surface area contributed by atoms with Gasteiger partial charge in [0.15, 0.2) is 0 Å². The summed E-state index contributed by atoms with van der Waals surface area (Å²) in [6.45, 7) is 29.4. The van der Waals surface area contributed by atoms with Crippen LogP contribution in [0.2, 0.25) is 0 Å². The smallest absolute Gasteiger partial charge is 0.658 e. The van der Waals surface area contributed by atoms with Crippen LogP contribution in [0.3, 0.4) is 0 Å². The zero-order valence-corrected chi connectivity index (χ0v) is 41.1. The Morgan fingerprint density at radius 1 is 0.661 bits per heavy atom. The van der Waals surface area contributed by atoms with Crippen LogP contribution in [0, 0.1) is 19.9 Å². The molecule has 6 nitrogen and oxygen atoms in total. The zero-order valence-electron chi connectivity index (χ0n) is 38.8. The van der Waals surface area contributed by atoms with E-state index in [1.165, 1.54) is 39.0 Å². The van der Waals surface area contributed by atoms with Crippen molar-refractivity contribution in [2.24, 2.45) is 0 Å². The second-order valence-corrected chi connectivity index (χ2v) is 19.7. The van der Waals surface area contributed by atoms with E-state index in [4.69, 9.17) is 15.0 Å². The molecule has 0 spiro atoms. The summed E-state index contributed by atoms with van der Waals surface area (Å²) in [6.07, 6.45) is 5.96. The van der Waals surface area contributed by atoms with Crippen LogP contribution >= 0.6 is 0 Å². The number of hydrogen-bond acceptors (Lipinski definition) is 4. The Hall–Kier alpha value is -5.13. The maximum atomic E-state index is 5.42. The van der Waals surface area contributed by atoms with E-state index in [0.717, 1.165) is 45.7 Å². The fourth-order valence-corrected chi connectivity index (χ4v) is 9.16. The number of pyridine rings is 1. The first-order valence-electron chi connectivity index (χ1n) is 22.0. The van der Waals surface area contributed by atoms with Crippen LogP contribution in [0.4, 0.5) is 22.9 Å². The number of hydrogen-bond donors (Lipinski definition) is 0. The number of benzene rings is 4. The Labute approximate surface area is 385 Å². The third-order valence-electron chi connectivity index (χ3n) is 13.6. The minimum absolute atomic E-state index is 0. The molecule has 0 saturated carbocycles. The largest absolute Gasteiger partial charge is 2.00 e. The molecular weight excluding hydrogens is 939 g/mol. The van der Waals surface area contributed by atoms with Gasteiger partial charge in [-0.3, -0.25) is 0 Å². The number of aryl methyl sites for hydroxylation is 2. The van der Waals surface area contributed by atoms with Crippen LogP contribution in [0.15, 0.2) is 122 Å². The van der Waals surface area contributed by atoms with E-state index in [2.05, 4.69) is 220 Å². The van der Waals surface area contributed by atoms with Gasteiger partial charge in [0, 0.05) is 24.3 Å². The topological polar surface area (TPSA) is 51.3 Å². The first kappa shape index (κ1) is 44.9. The molecule has 3 aromatic heterocycles. The SMILES string of the molecule is Cc1cccc(C)c1B1N(c2cc(C(C)(C)C)ccn2)c2[c-]c(C(C)(C)C(C)(C)c3ccc(-c4nccn4-c4c(C(C)C)cccc4C(C)C)[n-]3)ccc2N1c1ccccc1.[Pt+2]. The molecule has 8 heteroatoms. The predicted molar refractivity (Wildman–Crippen MR) is 257 cm³/mol. The molecule has 8 rings (SSSR count). The van der Waals surface area contributed by atoms with Gasteiger partial charge in [0.1, 0.15) is 11.6 Å². The van der Waals surface area contributed by atoms with Gasteiger partial charge in [0.2, 0.25) is 0 Å². The van der Waals surface area contributed by atoms with Gasteiger partial charge >= 0.3 is 28.0 Å². The van der Waals surface area contributed by atoms with Crippen LogP contribution in [0.25, 0.3) is 17.2 Å². The number of imidazole rings is 1. The molecule has 0 aliphatic carbocycles. The Bertz CT molecular complexity index is 2650. The van der Waals surface area contributed by atoms with Gasteiger partial charge in [0.25, 0.3) is 0 Å². The van der Waals surface area contributed by atoms with Gasteiger partial charge in [-0.2, -0.15) is 23.4 Å². The van der Waals surface area contributed by atoms with Crippen molar-refractivity contribution >= 4 is 35.3 Å². The molecule has 4 aromatic carbocycles. The summed E-state index contributed by atoms with van der Waals surface area (Å²) in [7, 11) is 0. The molecule has 0 atom stereocenters. The van der Waals surface area contributed by atoms with Crippen LogP contribution in [-0.4, -0.2) is 21.5 Å². The molecule has 320 valence electrons. The molecule has 0 unspecified atom stereocenters. The van der Waals surface area contributed by atoms with Gasteiger partial charge in [-0.1, -0.05) is 171 Å². The molecular formula is C54H61BN6Pt. The number of rotatable bonds is 10. The average Bonchev–Trinajstić information content (AvgIpc) is 3.99. The summed E-state index contributed by atoms with van der Waals surface area (Å²) in [6, 6.07) is 41.5. The summed E-state index contributed by atoms with van der Waals surface area (Å²) in [4.78, 5) is 20.4. The first-order chi connectivity index (χ1) is 28.9. The van der Waals surface area contributed by atoms with Crippen molar-refractivity contribution in [3.8, 4) is 17.2 Å². The molecule has 62 heavy (non-hydrogen) atoms. The van der Waals surface area contributed by atoms with E-state index in [1.807, 2.05) is 12.4 Å². The van der Waals surface area contributed by atoms with Crippen molar-refractivity contribution in [3.05, 3.63) is 167 Å². The minimum atomic E-state index is -0.398. The molecule has 0 N–H and O–H groups in total. The maximum absolute atomic E-state index is 5.42. The molecule has 1 aliphatic heterocycles. The number of nitrogens with zero attached hydrogens (tertiary/aromatic N) is 6. The van der Waals surface area contributed by atoms with E-state index >= 15 is 0 Å². The molecule has 1 aliphatic rings. The Kier molecular flexibility index (Phi) is 12.2. The molecule has 0 fully saturated rings. The summed E-state index contributed by atoms with van der Waals surface area (Å²) < 4.78 is 2.26. The summed E-state index contributed by atoms with van der Waals surface area (Å²) >= 11 is 0. The predicted octanol–water partition coefficient (Wildman–Crippen LogP) is 12.8. The molecule has 7 aromatic rings. The van der Waals surface area contributed by atoms with Crippen LogP contribution < -0.4 is 20.1 Å². The van der Waals surface area contributed by atoms with E-state index in [9.17, 15) is 0 Å². The second kappa shape index (κ2) is 16.9. The van der Waals surface area contributed by atoms with Gasteiger partial charge in [-0.05, 0) is 88.3 Å².